The normalized spacial score (nSPS) is 31.8. The van der Waals surface area contributed by atoms with Crippen LogP contribution in [0.3, 0.4) is 0 Å². The van der Waals surface area contributed by atoms with Gasteiger partial charge in [0.1, 0.15) is 10.8 Å². The van der Waals surface area contributed by atoms with Gasteiger partial charge in [0.2, 0.25) is 0 Å². The van der Waals surface area contributed by atoms with E-state index in [2.05, 4.69) is 15.4 Å². The number of aromatic nitrogens is 1. The van der Waals surface area contributed by atoms with Gasteiger partial charge in [0, 0.05) is 11.6 Å². The lowest BCUT2D eigenvalue weighted by atomic mass is 9.77. The zero-order valence-corrected chi connectivity index (χ0v) is 12.9. The summed E-state index contributed by atoms with van der Waals surface area (Å²) in [5.41, 5.74) is 0.645. The highest BCUT2D eigenvalue weighted by Crippen LogP contribution is 2.54. The number of nitrogens with zero attached hydrogens (tertiary/aromatic N) is 2. The fraction of sp³-hybridized carbons (Fsp3) is 0.562. The molecule has 4 nitrogen and oxygen atoms in total. The molecule has 6 rings (SSSR count). The highest BCUT2D eigenvalue weighted by Gasteiger charge is 2.60. The summed E-state index contributed by atoms with van der Waals surface area (Å²) in [6.45, 7) is 2.44. The molecule has 3 aliphatic heterocycles. The van der Waals surface area contributed by atoms with Crippen molar-refractivity contribution >= 4 is 28.4 Å². The molecule has 116 valence electrons. The van der Waals surface area contributed by atoms with Crippen LogP contribution in [-0.4, -0.2) is 34.7 Å². The van der Waals surface area contributed by atoms with Crippen LogP contribution >= 0.6 is 11.6 Å². The second-order valence-corrected chi connectivity index (χ2v) is 7.20. The Balaban J connectivity index is 1.53. The van der Waals surface area contributed by atoms with Gasteiger partial charge in [-0.25, -0.2) is 4.39 Å². The van der Waals surface area contributed by atoms with Crippen molar-refractivity contribution in [1.29, 1.82) is 0 Å². The van der Waals surface area contributed by atoms with Gasteiger partial charge in [-0.1, -0.05) is 16.8 Å². The Morgan fingerprint density at radius 1 is 1.32 bits per heavy atom. The molecule has 1 saturated carbocycles. The number of halogens is 2. The number of rotatable bonds is 2. The smallest absolute Gasteiger partial charge is 0.190 e. The minimum absolute atomic E-state index is 0.00750. The van der Waals surface area contributed by atoms with Gasteiger partial charge in [-0.15, -0.1) is 0 Å². The third-order valence-electron chi connectivity index (χ3n) is 5.81. The summed E-state index contributed by atoms with van der Waals surface area (Å²) in [5, 5.41) is 8.49. The molecule has 1 unspecified atom stereocenters. The van der Waals surface area contributed by atoms with Crippen molar-refractivity contribution in [1.82, 2.24) is 10.1 Å². The number of fused-ring (bicyclic) bond motifs is 3. The number of hydrogen-bond donors (Lipinski definition) is 1. The molecule has 6 heteroatoms. The van der Waals surface area contributed by atoms with Gasteiger partial charge in [0.15, 0.2) is 11.4 Å². The molecular formula is C16H17ClFN3O. The monoisotopic (exact) mass is 321 g/mol. The minimum Gasteiger partial charge on any atom is -0.362 e. The highest BCUT2D eigenvalue weighted by atomic mass is 35.5. The van der Waals surface area contributed by atoms with Gasteiger partial charge in [-0.3, -0.25) is 4.90 Å². The molecule has 3 saturated heterocycles. The lowest BCUT2D eigenvalue weighted by molar-refractivity contribution is 0.0202. The van der Waals surface area contributed by atoms with Gasteiger partial charge in [-0.2, -0.15) is 0 Å². The predicted octanol–water partition coefficient (Wildman–Crippen LogP) is 3.66. The number of hydrogen-bond acceptors (Lipinski definition) is 4. The summed E-state index contributed by atoms with van der Waals surface area (Å²) in [5.74, 6) is 0.912. The summed E-state index contributed by atoms with van der Waals surface area (Å²) in [6, 6.07) is 3.47. The first kappa shape index (κ1) is 13.1. The molecule has 1 N–H and O–H groups in total. The van der Waals surface area contributed by atoms with Crippen LogP contribution in [0.1, 0.15) is 25.7 Å². The van der Waals surface area contributed by atoms with Crippen LogP contribution in [-0.2, 0) is 0 Å². The van der Waals surface area contributed by atoms with E-state index < -0.39 is 5.82 Å². The molecule has 4 fully saturated rings. The SMILES string of the molecule is Fc1ccc2c(NC3C4CCN(CC4)C34CC4)noc2c1Cl. The zero-order valence-electron chi connectivity index (χ0n) is 12.1. The van der Waals surface area contributed by atoms with Gasteiger partial charge in [-0.05, 0) is 56.8 Å². The molecule has 1 aliphatic carbocycles. The Hall–Kier alpha value is -1.33. The lowest BCUT2D eigenvalue weighted by Gasteiger charge is -2.52. The van der Waals surface area contributed by atoms with Crippen LogP contribution in [0.4, 0.5) is 10.2 Å². The van der Waals surface area contributed by atoms with Crippen LogP contribution in [0.15, 0.2) is 16.7 Å². The molecule has 1 aromatic heterocycles. The second kappa shape index (κ2) is 4.36. The van der Waals surface area contributed by atoms with Gasteiger partial charge >= 0.3 is 0 Å². The molecule has 4 aliphatic rings. The van der Waals surface area contributed by atoms with Gasteiger partial charge in [0.25, 0.3) is 0 Å². The molecule has 2 aromatic rings. The van der Waals surface area contributed by atoms with E-state index >= 15 is 0 Å². The van der Waals surface area contributed by atoms with E-state index in [1.165, 1.54) is 44.8 Å². The molecule has 1 spiro atoms. The largest absolute Gasteiger partial charge is 0.362 e. The van der Waals surface area contributed by atoms with E-state index in [1.807, 2.05) is 0 Å². The third kappa shape index (κ3) is 1.64. The predicted molar refractivity (Wildman–Crippen MR) is 82.6 cm³/mol. The van der Waals surface area contributed by atoms with Crippen molar-refractivity contribution < 1.29 is 8.91 Å². The van der Waals surface area contributed by atoms with Gasteiger partial charge in [0.05, 0.1) is 5.39 Å². The van der Waals surface area contributed by atoms with Gasteiger partial charge < -0.3 is 9.84 Å². The molecule has 22 heavy (non-hydrogen) atoms. The molecule has 0 radical (unpaired) electrons. The summed E-state index contributed by atoms with van der Waals surface area (Å²) in [4.78, 5) is 2.64. The highest BCUT2D eigenvalue weighted by molar-refractivity contribution is 6.35. The minimum atomic E-state index is -0.474. The van der Waals surface area contributed by atoms with Crippen LogP contribution in [0.2, 0.25) is 5.02 Å². The maximum atomic E-state index is 13.5. The number of piperidine rings is 3. The summed E-state index contributed by atoms with van der Waals surface area (Å²) in [6.07, 6.45) is 4.99. The van der Waals surface area contributed by atoms with Crippen molar-refractivity contribution in [2.75, 3.05) is 18.4 Å². The molecule has 2 bridgehead atoms. The Morgan fingerprint density at radius 2 is 2.09 bits per heavy atom. The van der Waals surface area contributed by atoms with Crippen LogP contribution < -0.4 is 5.32 Å². The van der Waals surface area contributed by atoms with Crippen molar-refractivity contribution in [3.05, 3.63) is 23.0 Å². The number of benzene rings is 1. The van der Waals surface area contributed by atoms with E-state index in [4.69, 9.17) is 16.1 Å². The Kier molecular flexibility index (Phi) is 2.60. The van der Waals surface area contributed by atoms with E-state index in [-0.39, 0.29) is 5.02 Å². The molecule has 0 amide bonds. The lowest BCUT2D eigenvalue weighted by Crippen LogP contribution is -2.62. The van der Waals surface area contributed by atoms with E-state index in [0.717, 1.165) is 5.39 Å². The molecule has 4 heterocycles. The Morgan fingerprint density at radius 3 is 2.82 bits per heavy atom. The van der Waals surface area contributed by atoms with Crippen molar-refractivity contribution in [3.63, 3.8) is 0 Å². The van der Waals surface area contributed by atoms with Crippen molar-refractivity contribution in [3.8, 4) is 0 Å². The number of anilines is 1. The summed E-state index contributed by atoms with van der Waals surface area (Å²) in [7, 11) is 0. The number of nitrogens with one attached hydrogen (secondary N) is 1. The fourth-order valence-electron chi connectivity index (χ4n) is 4.52. The third-order valence-corrected chi connectivity index (χ3v) is 6.16. The standard InChI is InChI=1S/C16H17ClFN3O/c17-12-11(18)2-1-10-13(12)22-20-15(10)19-14-9-3-7-21(8-4-9)16(14)5-6-16/h1-2,9,14H,3-8H2,(H,19,20). The van der Waals surface area contributed by atoms with Crippen molar-refractivity contribution in [2.45, 2.75) is 37.3 Å². The maximum absolute atomic E-state index is 13.5. The second-order valence-electron chi connectivity index (χ2n) is 6.82. The molecular weight excluding hydrogens is 305 g/mol. The first-order chi connectivity index (χ1) is 10.7. The molecule has 1 aromatic carbocycles. The Labute approximate surface area is 132 Å². The summed E-state index contributed by atoms with van der Waals surface area (Å²) < 4.78 is 18.8. The van der Waals surface area contributed by atoms with Crippen LogP contribution in [0.5, 0.6) is 0 Å². The summed E-state index contributed by atoms with van der Waals surface area (Å²) >= 11 is 5.97. The Bertz CT molecular complexity index is 749. The van der Waals surface area contributed by atoms with Crippen molar-refractivity contribution in [2.24, 2.45) is 5.92 Å². The first-order valence-electron chi connectivity index (χ1n) is 7.94. The zero-order chi connectivity index (χ0) is 14.9. The average Bonchev–Trinajstić information content (AvgIpc) is 3.21. The maximum Gasteiger partial charge on any atom is 0.190 e. The van der Waals surface area contributed by atoms with Crippen LogP contribution in [0, 0.1) is 11.7 Å². The first-order valence-corrected chi connectivity index (χ1v) is 8.32. The van der Waals surface area contributed by atoms with E-state index in [9.17, 15) is 4.39 Å². The average molecular weight is 322 g/mol. The van der Waals surface area contributed by atoms with E-state index in [0.29, 0.717) is 28.9 Å². The topological polar surface area (TPSA) is 41.3 Å². The van der Waals surface area contributed by atoms with Crippen LogP contribution in [0.25, 0.3) is 11.0 Å². The fourth-order valence-corrected chi connectivity index (χ4v) is 4.72. The molecule has 1 atom stereocenters. The van der Waals surface area contributed by atoms with E-state index in [1.54, 1.807) is 6.07 Å². The quantitative estimate of drug-likeness (QED) is 0.916.